The molecule has 3 rings (SSSR count). The lowest BCUT2D eigenvalue weighted by Gasteiger charge is -2.23. The van der Waals surface area contributed by atoms with Crippen LogP contribution in [-0.4, -0.2) is 12.6 Å². The lowest BCUT2D eigenvalue weighted by atomic mass is 9.95. The standard InChI is InChI=1S/C20H27NO2S/c1-2-22-20-13-16(14-21-17-7-4-3-5-8-17)10-11-19(20)23-15-18-9-6-12-24-18/h6,9-13,17,21H,2-5,7-8,14-15H2,1H3. The predicted octanol–water partition coefficient (Wildman–Crippen LogP) is 5.15. The first-order chi connectivity index (χ1) is 11.8. The summed E-state index contributed by atoms with van der Waals surface area (Å²) in [5, 5.41) is 5.76. The Hall–Kier alpha value is -1.52. The molecule has 0 unspecified atom stereocenters. The van der Waals surface area contributed by atoms with Crippen molar-refractivity contribution in [2.45, 2.75) is 58.2 Å². The molecule has 0 radical (unpaired) electrons. The number of rotatable bonds is 8. The summed E-state index contributed by atoms with van der Waals surface area (Å²) in [6, 6.07) is 11.1. The van der Waals surface area contributed by atoms with Crippen molar-refractivity contribution in [3.63, 3.8) is 0 Å². The van der Waals surface area contributed by atoms with Crippen molar-refractivity contribution >= 4 is 11.3 Å². The van der Waals surface area contributed by atoms with Crippen LogP contribution in [0, 0.1) is 0 Å². The first-order valence-electron chi connectivity index (χ1n) is 8.99. The van der Waals surface area contributed by atoms with Gasteiger partial charge in [-0.2, -0.15) is 0 Å². The molecule has 2 aromatic rings. The van der Waals surface area contributed by atoms with Gasteiger partial charge in [-0.25, -0.2) is 0 Å². The normalized spacial score (nSPS) is 15.4. The third kappa shape index (κ3) is 4.99. The molecular formula is C20H27NO2S. The molecule has 1 fully saturated rings. The van der Waals surface area contributed by atoms with Gasteiger partial charge in [0.15, 0.2) is 11.5 Å². The van der Waals surface area contributed by atoms with Crippen LogP contribution in [0.4, 0.5) is 0 Å². The number of hydrogen-bond acceptors (Lipinski definition) is 4. The van der Waals surface area contributed by atoms with Crippen molar-refractivity contribution in [1.82, 2.24) is 5.32 Å². The number of hydrogen-bond donors (Lipinski definition) is 1. The SMILES string of the molecule is CCOc1cc(CNC2CCCCC2)ccc1OCc1cccs1. The van der Waals surface area contributed by atoms with Crippen molar-refractivity contribution in [1.29, 1.82) is 0 Å². The van der Waals surface area contributed by atoms with E-state index >= 15 is 0 Å². The minimum absolute atomic E-state index is 0.595. The first kappa shape index (κ1) is 17.3. The minimum atomic E-state index is 0.595. The number of benzene rings is 1. The molecule has 3 nitrogen and oxygen atoms in total. The highest BCUT2D eigenvalue weighted by atomic mass is 32.1. The Labute approximate surface area is 149 Å². The highest BCUT2D eigenvalue weighted by molar-refractivity contribution is 7.09. The van der Waals surface area contributed by atoms with Crippen LogP contribution in [0.1, 0.15) is 49.5 Å². The molecule has 0 saturated heterocycles. The van der Waals surface area contributed by atoms with Crippen molar-refractivity contribution in [2.24, 2.45) is 0 Å². The van der Waals surface area contributed by atoms with Gasteiger partial charge in [0.1, 0.15) is 6.61 Å². The third-order valence-electron chi connectivity index (χ3n) is 4.46. The number of thiophene rings is 1. The van der Waals surface area contributed by atoms with E-state index in [1.165, 1.54) is 42.5 Å². The molecule has 1 heterocycles. The van der Waals surface area contributed by atoms with Gasteiger partial charge >= 0.3 is 0 Å². The molecule has 0 spiro atoms. The van der Waals surface area contributed by atoms with Crippen LogP contribution in [-0.2, 0) is 13.2 Å². The smallest absolute Gasteiger partial charge is 0.161 e. The van der Waals surface area contributed by atoms with Crippen LogP contribution in [0.3, 0.4) is 0 Å². The molecule has 24 heavy (non-hydrogen) atoms. The Bertz CT molecular complexity index is 606. The maximum atomic E-state index is 5.95. The van der Waals surface area contributed by atoms with Gasteiger partial charge in [0.05, 0.1) is 6.61 Å². The topological polar surface area (TPSA) is 30.5 Å². The van der Waals surface area contributed by atoms with Crippen LogP contribution < -0.4 is 14.8 Å². The fourth-order valence-corrected chi connectivity index (χ4v) is 3.78. The molecule has 0 bridgehead atoms. The van der Waals surface area contributed by atoms with E-state index in [1.807, 2.05) is 19.1 Å². The van der Waals surface area contributed by atoms with Gasteiger partial charge < -0.3 is 14.8 Å². The van der Waals surface area contributed by atoms with E-state index < -0.39 is 0 Å². The molecule has 1 aromatic carbocycles. The van der Waals surface area contributed by atoms with Crippen LogP contribution in [0.25, 0.3) is 0 Å². The maximum absolute atomic E-state index is 5.95. The van der Waals surface area contributed by atoms with Gasteiger partial charge in [-0.15, -0.1) is 11.3 Å². The van der Waals surface area contributed by atoms with E-state index in [0.717, 1.165) is 18.0 Å². The molecule has 4 heteroatoms. The van der Waals surface area contributed by atoms with E-state index in [9.17, 15) is 0 Å². The van der Waals surface area contributed by atoms with Gasteiger partial charge in [-0.3, -0.25) is 0 Å². The summed E-state index contributed by atoms with van der Waals surface area (Å²) in [7, 11) is 0. The highest BCUT2D eigenvalue weighted by Gasteiger charge is 2.13. The van der Waals surface area contributed by atoms with Crippen LogP contribution in [0.15, 0.2) is 35.7 Å². The Morgan fingerprint density at radius 1 is 1.08 bits per heavy atom. The Morgan fingerprint density at radius 3 is 2.71 bits per heavy atom. The zero-order valence-electron chi connectivity index (χ0n) is 14.4. The average molecular weight is 346 g/mol. The quantitative estimate of drug-likeness (QED) is 0.718. The second-order valence-electron chi connectivity index (χ2n) is 6.30. The number of nitrogens with one attached hydrogen (secondary N) is 1. The first-order valence-corrected chi connectivity index (χ1v) is 9.87. The van der Waals surface area contributed by atoms with Gasteiger partial charge in [0, 0.05) is 17.5 Å². The Kier molecular flexibility index (Phi) is 6.56. The predicted molar refractivity (Wildman–Crippen MR) is 100.0 cm³/mol. The van der Waals surface area contributed by atoms with E-state index in [4.69, 9.17) is 9.47 Å². The fraction of sp³-hybridized carbons (Fsp3) is 0.500. The van der Waals surface area contributed by atoms with Crippen molar-refractivity contribution < 1.29 is 9.47 Å². The van der Waals surface area contributed by atoms with Crippen LogP contribution in [0.2, 0.25) is 0 Å². The minimum Gasteiger partial charge on any atom is -0.490 e. The summed E-state index contributed by atoms with van der Waals surface area (Å²) in [6.07, 6.45) is 6.72. The van der Waals surface area contributed by atoms with Gasteiger partial charge in [0.25, 0.3) is 0 Å². The fourth-order valence-electron chi connectivity index (χ4n) is 3.16. The second kappa shape index (κ2) is 9.09. The largest absolute Gasteiger partial charge is 0.490 e. The zero-order chi connectivity index (χ0) is 16.6. The van der Waals surface area contributed by atoms with Crippen LogP contribution >= 0.6 is 11.3 Å². The van der Waals surface area contributed by atoms with Gasteiger partial charge in [0.2, 0.25) is 0 Å². The molecule has 1 aliphatic carbocycles. The van der Waals surface area contributed by atoms with Crippen molar-refractivity contribution in [3.05, 3.63) is 46.2 Å². The van der Waals surface area contributed by atoms with Crippen molar-refractivity contribution in [2.75, 3.05) is 6.61 Å². The lowest BCUT2D eigenvalue weighted by Crippen LogP contribution is -2.30. The molecule has 130 valence electrons. The van der Waals surface area contributed by atoms with Crippen LogP contribution in [0.5, 0.6) is 11.5 Å². The summed E-state index contributed by atoms with van der Waals surface area (Å²) < 4.78 is 11.7. The molecule has 0 aliphatic heterocycles. The van der Waals surface area contributed by atoms with E-state index in [0.29, 0.717) is 19.3 Å². The Morgan fingerprint density at radius 2 is 1.96 bits per heavy atom. The lowest BCUT2D eigenvalue weighted by molar-refractivity contribution is 0.271. The summed E-state index contributed by atoms with van der Waals surface area (Å²) in [4.78, 5) is 1.22. The summed E-state index contributed by atoms with van der Waals surface area (Å²) in [5.41, 5.74) is 1.26. The summed E-state index contributed by atoms with van der Waals surface area (Å²) in [6.45, 7) is 4.15. The summed E-state index contributed by atoms with van der Waals surface area (Å²) >= 11 is 1.71. The third-order valence-corrected chi connectivity index (χ3v) is 5.31. The Balaban J connectivity index is 1.60. The van der Waals surface area contributed by atoms with Gasteiger partial charge in [-0.1, -0.05) is 31.4 Å². The maximum Gasteiger partial charge on any atom is 0.161 e. The molecular weight excluding hydrogens is 318 g/mol. The van der Waals surface area contributed by atoms with Gasteiger partial charge in [-0.05, 0) is 48.9 Å². The molecule has 1 N–H and O–H groups in total. The van der Waals surface area contributed by atoms with E-state index in [2.05, 4.69) is 28.9 Å². The average Bonchev–Trinajstić information content (AvgIpc) is 3.14. The zero-order valence-corrected chi connectivity index (χ0v) is 15.2. The van der Waals surface area contributed by atoms with E-state index in [-0.39, 0.29) is 0 Å². The molecule has 0 atom stereocenters. The second-order valence-corrected chi connectivity index (χ2v) is 7.33. The molecule has 1 aliphatic rings. The summed E-state index contributed by atoms with van der Waals surface area (Å²) in [5.74, 6) is 1.67. The number of ether oxygens (including phenoxy) is 2. The van der Waals surface area contributed by atoms with E-state index in [1.54, 1.807) is 11.3 Å². The molecule has 1 aromatic heterocycles. The molecule has 1 saturated carbocycles. The molecule has 0 amide bonds. The highest BCUT2D eigenvalue weighted by Crippen LogP contribution is 2.30. The monoisotopic (exact) mass is 345 g/mol. The van der Waals surface area contributed by atoms with Crippen molar-refractivity contribution in [3.8, 4) is 11.5 Å².